The number of carboxylic acid groups (broad SMARTS) is 1. The lowest BCUT2D eigenvalue weighted by molar-refractivity contribution is 0.0691. The third-order valence-corrected chi connectivity index (χ3v) is 2.96. The Morgan fingerprint density at radius 2 is 2.47 bits per heavy atom. The van der Waals surface area contributed by atoms with Crippen molar-refractivity contribution in [2.75, 3.05) is 6.61 Å². The van der Waals surface area contributed by atoms with Crippen LogP contribution >= 0.6 is 0 Å². The lowest BCUT2D eigenvalue weighted by Gasteiger charge is -2.03. The van der Waals surface area contributed by atoms with Gasteiger partial charge in [0, 0.05) is 13.0 Å². The Kier molecular flexibility index (Phi) is 3.00. The maximum absolute atomic E-state index is 10.9. The molecular weight excluding hydrogens is 252 g/mol. The van der Waals surface area contributed by atoms with Crippen LogP contribution in [0.5, 0.6) is 0 Å². The molecule has 0 bridgehead atoms. The van der Waals surface area contributed by atoms with Gasteiger partial charge in [-0.2, -0.15) is 4.98 Å². The Balaban J connectivity index is 1.80. The summed E-state index contributed by atoms with van der Waals surface area (Å²) in [6, 6.07) is 0. The molecule has 8 heteroatoms. The second-order valence-electron chi connectivity index (χ2n) is 4.29. The summed E-state index contributed by atoms with van der Waals surface area (Å²) in [5.74, 6) is -0.508. The van der Waals surface area contributed by atoms with E-state index in [9.17, 15) is 4.79 Å². The Morgan fingerprint density at radius 1 is 1.58 bits per heavy atom. The van der Waals surface area contributed by atoms with Gasteiger partial charge >= 0.3 is 5.97 Å². The minimum atomic E-state index is -1.14. The van der Waals surface area contributed by atoms with E-state index >= 15 is 0 Å². The van der Waals surface area contributed by atoms with Crippen molar-refractivity contribution in [2.24, 2.45) is 0 Å². The van der Waals surface area contributed by atoms with Crippen molar-refractivity contribution in [3.8, 4) is 11.6 Å². The number of H-pyrrole nitrogens is 1. The van der Waals surface area contributed by atoms with Gasteiger partial charge in [-0.25, -0.2) is 9.78 Å². The number of nitrogens with one attached hydrogen (secondary N) is 1. The molecule has 1 aliphatic rings. The van der Waals surface area contributed by atoms with E-state index in [4.69, 9.17) is 14.4 Å². The molecule has 1 atom stereocenters. The third kappa shape index (κ3) is 2.34. The molecule has 1 fully saturated rings. The minimum absolute atomic E-state index is 0.117. The van der Waals surface area contributed by atoms with Crippen LogP contribution in [0.25, 0.3) is 11.6 Å². The maximum atomic E-state index is 10.9. The number of rotatable bonds is 4. The molecule has 0 saturated carbocycles. The van der Waals surface area contributed by atoms with Gasteiger partial charge in [-0.05, 0) is 12.8 Å². The Hall–Kier alpha value is -2.22. The minimum Gasteiger partial charge on any atom is -0.476 e. The molecule has 2 N–H and O–H groups in total. The molecule has 3 heterocycles. The van der Waals surface area contributed by atoms with Gasteiger partial charge in [0.1, 0.15) is 5.69 Å². The number of hydrogen-bond donors (Lipinski definition) is 2. The van der Waals surface area contributed by atoms with E-state index in [2.05, 4.69) is 20.1 Å². The van der Waals surface area contributed by atoms with E-state index < -0.39 is 5.97 Å². The molecule has 2 aromatic rings. The van der Waals surface area contributed by atoms with Gasteiger partial charge in [-0.15, -0.1) is 0 Å². The Bertz CT molecular complexity index is 585. The summed E-state index contributed by atoms with van der Waals surface area (Å²) in [6.45, 7) is 0.763. The van der Waals surface area contributed by atoms with Gasteiger partial charge in [0.2, 0.25) is 0 Å². The average molecular weight is 264 g/mol. The molecule has 19 heavy (non-hydrogen) atoms. The standard InChI is InChI=1S/C11H12N4O4/c16-11(17)9-8(12-5-13-9)10-14-7(15-19-10)4-6-2-1-3-18-6/h5-6H,1-4H2,(H,12,13)(H,16,17). The van der Waals surface area contributed by atoms with E-state index in [0.717, 1.165) is 19.4 Å². The second kappa shape index (κ2) is 4.81. The van der Waals surface area contributed by atoms with E-state index in [1.165, 1.54) is 6.33 Å². The maximum Gasteiger partial charge on any atom is 0.356 e. The number of aromatic amines is 1. The molecule has 0 aromatic carbocycles. The summed E-state index contributed by atoms with van der Waals surface area (Å²) in [5, 5.41) is 12.8. The smallest absolute Gasteiger partial charge is 0.356 e. The average Bonchev–Trinajstić information content (AvgIpc) is 3.09. The van der Waals surface area contributed by atoms with Crippen LogP contribution in [0.1, 0.15) is 29.2 Å². The van der Waals surface area contributed by atoms with Crippen LogP contribution < -0.4 is 0 Å². The lowest BCUT2D eigenvalue weighted by atomic mass is 10.2. The zero-order chi connectivity index (χ0) is 13.2. The van der Waals surface area contributed by atoms with Crippen molar-refractivity contribution < 1.29 is 19.2 Å². The predicted octanol–water partition coefficient (Wildman–Crippen LogP) is 0.879. The second-order valence-corrected chi connectivity index (χ2v) is 4.29. The molecule has 100 valence electrons. The molecule has 0 aliphatic carbocycles. The van der Waals surface area contributed by atoms with Crippen LogP contribution in [0.3, 0.4) is 0 Å². The van der Waals surface area contributed by atoms with Crippen LogP contribution in [0, 0.1) is 0 Å². The highest BCUT2D eigenvalue weighted by Crippen LogP contribution is 2.20. The van der Waals surface area contributed by atoms with Crippen molar-refractivity contribution in [3.05, 3.63) is 17.8 Å². The molecule has 0 radical (unpaired) electrons. The first kappa shape index (κ1) is 11.8. The molecule has 3 rings (SSSR count). The first-order valence-electron chi connectivity index (χ1n) is 5.95. The van der Waals surface area contributed by atoms with Gasteiger partial charge in [0.25, 0.3) is 5.89 Å². The largest absolute Gasteiger partial charge is 0.476 e. The number of aromatic nitrogens is 4. The fraction of sp³-hybridized carbons (Fsp3) is 0.455. The Morgan fingerprint density at radius 3 is 3.21 bits per heavy atom. The van der Waals surface area contributed by atoms with Gasteiger partial charge in [0.05, 0.1) is 12.4 Å². The SMILES string of the molecule is O=C(O)c1nc[nH]c1-c1nc(CC2CCCO2)no1. The van der Waals surface area contributed by atoms with Crippen molar-refractivity contribution in [3.63, 3.8) is 0 Å². The number of imidazole rings is 1. The number of aromatic carboxylic acids is 1. The predicted molar refractivity (Wildman–Crippen MR) is 61.5 cm³/mol. The topological polar surface area (TPSA) is 114 Å². The van der Waals surface area contributed by atoms with E-state index in [1.54, 1.807) is 0 Å². The third-order valence-electron chi connectivity index (χ3n) is 2.96. The van der Waals surface area contributed by atoms with E-state index in [-0.39, 0.29) is 23.4 Å². The highest BCUT2D eigenvalue weighted by molar-refractivity contribution is 5.91. The van der Waals surface area contributed by atoms with Crippen molar-refractivity contribution in [2.45, 2.75) is 25.4 Å². The highest BCUT2D eigenvalue weighted by atomic mass is 16.5. The van der Waals surface area contributed by atoms with Crippen LogP contribution in [0.2, 0.25) is 0 Å². The molecule has 8 nitrogen and oxygen atoms in total. The first-order valence-corrected chi connectivity index (χ1v) is 5.95. The fourth-order valence-electron chi connectivity index (χ4n) is 2.07. The zero-order valence-electron chi connectivity index (χ0n) is 10.00. The van der Waals surface area contributed by atoms with Crippen LogP contribution in [0.4, 0.5) is 0 Å². The van der Waals surface area contributed by atoms with Gasteiger partial charge in [-0.3, -0.25) is 0 Å². The molecule has 0 amide bonds. The van der Waals surface area contributed by atoms with Gasteiger partial charge in [-0.1, -0.05) is 5.16 Å². The molecule has 0 spiro atoms. The molecule has 2 aromatic heterocycles. The van der Waals surface area contributed by atoms with Crippen molar-refractivity contribution >= 4 is 5.97 Å². The van der Waals surface area contributed by atoms with Gasteiger partial charge < -0.3 is 19.4 Å². The molecule has 1 aliphatic heterocycles. The number of hydrogen-bond acceptors (Lipinski definition) is 6. The van der Waals surface area contributed by atoms with Crippen molar-refractivity contribution in [1.29, 1.82) is 0 Å². The van der Waals surface area contributed by atoms with E-state index in [0.29, 0.717) is 12.2 Å². The van der Waals surface area contributed by atoms with Crippen LogP contribution in [-0.2, 0) is 11.2 Å². The molecule has 1 unspecified atom stereocenters. The number of nitrogens with zero attached hydrogens (tertiary/aromatic N) is 3. The monoisotopic (exact) mass is 264 g/mol. The molecular formula is C11H12N4O4. The zero-order valence-corrected chi connectivity index (χ0v) is 10.00. The summed E-state index contributed by atoms with van der Waals surface area (Å²) in [6.07, 6.45) is 3.99. The summed E-state index contributed by atoms with van der Waals surface area (Å²) >= 11 is 0. The van der Waals surface area contributed by atoms with Crippen LogP contribution in [-0.4, -0.2) is 43.9 Å². The van der Waals surface area contributed by atoms with Crippen LogP contribution in [0.15, 0.2) is 10.9 Å². The summed E-state index contributed by atoms with van der Waals surface area (Å²) in [7, 11) is 0. The van der Waals surface area contributed by atoms with E-state index in [1.807, 2.05) is 0 Å². The first-order chi connectivity index (χ1) is 9.24. The number of carbonyl (C=O) groups is 1. The summed E-state index contributed by atoms with van der Waals surface area (Å²) < 4.78 is 10.5. The summed E-state index contributed by atoms with van der Waals surface area (Å²) in [5.41, 5.74) is 0.0888. The van der Waals surface area contributed by atoms with Gasteiger partial charge in [0.15, 0.2) is 11.5 Å². The lowest BCUT2D eigenvalue weighted by Crippen LogP contribution is -2.09. The number of carboxylic acids is 1. The fourth-order valence-corrected chi connectivity index (χ4v) is 2.07. The Labute approximate surface area is 107 Å². The summed E-state index contributed by atoms with van der Waals surface area (Å²) in [4.78, 5) is 21.5. The molecule has 1 saturated heterocycles. The highest BCUT2D eigenvalue weighted by Gasteiger charge is 2.22. The number of ether oxygens (including phenoxy) is 1. The quantitative estimate of drug-likeness (QED) is 0.842. The normalized spacial score (nSPS) is 18.8. The van der Waals surface area contributed by atoms with Crippen molar-refractivity contribution in [1.82, 2.24) is 20.1 Å².